The zero-order valence-corrected chi connectivity index (χ0v) is 11.2. The van der Waals surface area contributed by atoms with E-state index in [-0.39, 0.29) is 11.6 Å². The summed E-state index contributed by atoms with van der Waals surface area (Å²) in [6, 6.07) is 12.5. The van der Waals surface area contributed by atoms with Gasteiger partial charge in [0, 0.05) is 12.0 Å². The molecule has 0 N–H and O–H groups in total. The van der Waals surface area contributed by atoms with E-state index in [2.05, 4.69) is 6.07 Å². The average molecular weight is 256 g/mol. The Labute approximate surface area is 113 Å². The van der Waals surface area contributed by atoms with E-state index >= 15 is 0 Å². The lowest BCUT2D eigenvalue weighted by atomic mass is 9.98. The van der Waals surface area contributed by atoms with Crippen molar-refractivity contribution in [3.05, 3.63) is 70.5 Å². The molecule has 0 aromatic heterocycles. The number of aryl methyl sites for hydroxylation is 3. The molecule has 0 saturated carbocycles. The Morgan fingerprint density at radius 3 is 2.63 bits per heavy atom. The average Bonchev–Trinajstić information content (AvgIpc) is 2.39. The Morgan fingerprint density at radius 1 is 1.11 bits per heavy atom. The summed E-state index contributed by atoms with van der Waals surface area (Å²) in [7, 11) is 0. The monoisotopic (exact) mass is 256 g/mol. The maximum atomic E-state index is 13.2. The number of hydrogen-bond donors (Lipinski definition) is 0. The molecule has 0 amide bonds. The maximum absolute atomic E-state index is 13.2. The van der Waals surface area contributed by atoms with Crippen molar-refractivity contribution in [1.29, 1.82) is 0 Å². The van der Waals surface area contributed by atoms with Crippen LogP contribution < -0.4 is 0 Å². The van der Waals surface area contributed by atoms with Crippen LogP contribution >= 0.6 is 0 Å². The molecule has 2 rings (SSSR count). The first kappa shape index (κ1) is 13.5. The molecule has 2 aromatic rings. The van der Waals surface area contributed by atoms with Crippen molar-refractivity contribution in [2.24, 2.45) is 0 Å². The van der Waals surface area contributed by atoms with Crippen LogP contribution in [0.4, 0.5) is 4.39 Å². The fourth-order valence-electron chi connectivity index (χ4n) is 2.15. The van der Waals surface area contributed by atoms with Gasteiger partial charge in [-0.3, -0.25) is 4.79 Å². The number of rotatable bonds is 4. The zero-order valence-electron chi connectivity index (χ0n) is 11.2. The molecule has 2 aromatic carbocycles. The fourth-order valence-corrected chi connectivity index (χ4v) is 2.15. The van der Waals surface area contributed by atoms with E-state index < -0.39 is 0 Å². The molecular weight excluding hydrogens is 239 g/mol. The van der Waals surface area contributed by atoms with Crippen molar-refractivity contribution >= 4 is 5.78 Å². The second-order valence-electron chi connectivity index (χ2n) is 4.87. The van der Waals surface area contributed by atoms with Gasteiger partial charge in [-0.2, -0.15) is 0 Å². The molecule has 0 saturated heterocycles. The van der Waals surface area contributed by atoms with E-state index in [4.69, 9.17) is 0 Å². The SMILES string of the molecule is Cc1cccc(CCC(=O)c2cc(F)ccc2C)c1. The lowest BCUT2D eigenvalue weighted by molar-refractivity contribution is 0.0982. The van der Waals surface area contributed by atoms with Crippen molar-refractivity contribution in [2.75, 3.05) is 0 Å². The van der Waals surface area contributed by atoms with E-state index in [9.17, 15) is 9.18 Å². The van der Waals surface area contributed by atoms with E-state index in [1.807, 2.05) is 32.0 Å². The number of carbonyl (C=O) groups is 1. The van der Waals surface area contributed by atoms with Gasteiger partial charge >= 0.3 is 0 Å². The molecule has 0 unspecified atom stereocenters. The van der Waals surface area contributed by atoms with Crippen molar-refractivity contribution in [1.82, 2.24) is 0 Å². The summed E-state index contributed by atoms with van der Waals surface area (Å²) in [4.78, 5) is 12.1. The minimum Gasteiger partial charge on any atom is -0.294 e. The Kier molecular flexibility index (Phi) is 4.10. The number of benzene rings is 2. The van der Waals surface area contributed by atoms with Gasteiger partial charge in [-0.05, 0) is 43.5 Å². The molecule has 0 atom stereocenters. The molecule has 0 aliphatic carbocycles. The number of hydrogen-bond acceptors (Lipinski definition) is 1. The van der Waals surface area contributed by atoms with Crippen LogP contribution in [0.1, 0.15) is 33.5 Å². The predicted octanol–water partition coefficient (Wildman–Crippen LogP) is 4.26. The Bertz CT molecular complexity index is 602. The Morgan fingerprint density at radius 2 is 1.89 bits per heavy atom. The molecule has 0 aliphatic rings. The van der Waals surface area contributed by atoms with Gasteiger partial charge in [0.25, 0.3) is 0 Å². The second-order valence-corrected chi connectivity index (χ2v) is 4.87. The fraction of sp³-hybridized carbons (Fsp3) is 0.235. The smallest absolute Gasteiger partial charge is 0.163 e. The standard InChI is InChI=1S/C17H17FO/c1-12-4-3-5-14(10-12)7-9-17(19)16-11-15(18)8-6-13(16)2/h3-6,8,10-11H,7,9H2,1-2H3. The van der Waals surface area contributed by atoms with Crippen molar-refractivity contribution in [2.45, 2.75) is 26.7 Å². The highest BCUT2D eigenvalue weighted by atomic mass is 19.1. The summed E-state index contributed by atoms with van der Waals surface area (Å²) < 4.78 is 13.2. The normalized spacial score (nSPS) is 10.5. The molecule has 0 heterocycles. The minimum atomic E-state index is -0.357. The number of carbonyl (C=O) groups excluding carboxylic acids is 1. The molecule has 1 nitrogen and oxygen atoms in total. The van der Waals surface area contributed by atoms with E-state index in [1.165, 1.54) is 17.7 Å². The molecule has 0 aliphatic heterocycles. The molecule has 0 spiro atoms. The van der Waals surface area contributed by atoms with Crippen molar-refractivity contribution < 1.29 is 9.18 Å². The largest absolute Gasteiger partial charge is 0.294 e. The van der Waals surface area contributed by atoms with Gasteiger partial charge in [0.1, 0.15) is 5.82 Å². The molecule has 98 valence electrons. The third-order valence-electron chi connectivity index (χ3n) is 3.22. The summed E-state index contributed by atoms with van der Waals surface area (Å²) >= 11 is 0. The highest BCUT2D eigenvalue weighted by molar-refractivity contribution is 5.97. The van der Waals surface area contributed by atoms with Crippen LogP contribution in [0.2, 0.25) is 0 Å². The Hall–Kier alpha value is -1.96. The van der Waals surface area contributed by atoms with Gasteiger partial charge in [-0.15, -0.1) is 0 Å². The molecule has 0 bridgehead atoms. The first-order valence-corrected chi connectivity index (χ1v) is 6.41. The van der Waals surface area contributed by atoms with Crippen molar-refractivity contribution in [3.63, 3.8) is 0 Å². The quantitative estimate of drug-likeness (QED) is 0.747. The van der Waals surface area contributed by atoms with Gasteiger partial charge in [0.2, 0.25) is 0 Å². The van der Waals surface area contributed by atoms with Crippen LogP contribution in [0.5, 0.6) is 0 Å². The highest BCUT2D eigenvalue weighted by Crippen LogP contribution is 2.15. The van der Waals surface area contributed by atoms with E-state index in [1.54, 1.807) is 6.07 Å². The van der Waals surface area contributed by atoms with Gasteiger partial charge in [0.05, 0.1) is 0 Å². The molecule has 2 heteroatoms. The summed E-state index contributed by atoms with van der Waals surface area (Å²) in [6.45, 7) is 3.86. The lowest BCUT2D eigenvalue weighted by Gasteiger charge is -2.06. The van der Waals surface area contributed by atoms with Crippen LogP contribution in [-0.4, -0.2) is 5.78 Å². The molecular formula is C17H17FO. The number of Topliss-reactive ketones (excluding diaryl/α,β-unsaturated/α-hetero) is 1. The molecule has 0 radical (unpaired) electrons. The predicted molar refractivity (Wildman–Crippen MR) is 75.0 cm³/mol. The third kappa shape index (κ3) is 3.50. The zero-order chi connectivity index (χ0) is 13.8. The lowest BCUT2D eigenvalue weighted by Crippen LogP contribution is -2.04. The highest BCUT2D eigenvalue weighted by Gasteiger charge is 2.10. The van der Waals surface area contributed by atoms with E-state index in [0.717, 1.165) is 11.1 Å². The first-order valence-electron chi connectivity index (χ1n) is 6.41. The van der Waals surface area contributed by atoms with Gasteiger partial charge in [-0.25, -0.2) is 4.39 Å². The second kappa shape index (κ2) is 5.79. The summed E-state index contributed by atoms with van der Waals surface area (Å²) in [5.41, 5.74) is 3.65. The number of halogens is 1. The van der Waals surface area contributed by atoms with Crippen LogP contribution in [0.15, 0.2) is 42.5 Å². The first-order chi connectivity index (χ1) is 9.06. The summed E-state index contributed by atoms with van der Waals surface area (Å²) in [5.74, 6) is -0.358. The maximum Gasteiger partial charge on any atom is 0.163 e. The van der Waals surface area contributed by atoms with Crippen molar-refractivity contribution in [3.8, 4) is 0 Å². The van der Waals surface area contributed by atoms with Crippen LogP contribution in [0, 0.1) is 19.7 Å². The van der Waals surface area contributed by atoms with Gasteiger partial charge in [0.15, 0.2) is 5.78 Å². The minimum absolute atomic E-state index is 0.00138. The third-order valence-corrected chi connectivity index (χ3v) is 3.22. The molecule has 0 fully saturated rings. The van der Waals surface area contributed by atoms with Gasteiger partial charge < -0.3 is 0 Å². The van der Waals surface area contributed by atoms with Gasteiger partial charge in [-0.1, -0.05) is 35.9 Å². The Balaban J connectivity index is 2.07. The van der Waals surface area contributed by atoms with Crippen LogP contribution in [0.25, 0.3) is 0 Å². The summed E-state index contributed by atoms with van der Waals surface area (Å²) in [5, 5.41) is 0. The van der Waals surface area contributed by atoms with E-state index in [0.29, 0.717) is 18.4 Å². The number of ketones is 1. The van der Waals surface area contributed by atoms with Crippen LogP contribution in [0.3, 0.4) is 0 Å². The van der Waals surface area contributed by atoms with Crippen LogP contribution in [-0.2, 0) is 6.42 Å². The summed E-state index contributed by atoms with van der Waals surface area (Å²) in [6.07, 6.45) is 1.10. The topological polar surface area (TPSA) is 17.1 Å². The molecule has 19 heavy (non-hydrogen) atoms.